The number of primary amides is 1. The molecule has 2 amide bonds. The van der Waals surface area contributed by atoms with Crippen LogP contribution in [0.25, 0.3) is 0 Å². The van der Waals surface area contributed by atoms with E-state index in [1.807, 2.05) is 0 Å². The fourth-order valence-corrected chi connectivity index (χ4v) is 1.96. The van der Waals surface area contributed by atoms with Crippen molar-refractivity contribution in [2.24, 2.45) is 16.9 Å². The van der Waals surface area contributed by atoms with Crippen molar-refractivity contribution in [3.05, 3.63) is 21.9 Å². The highest BCUT2D eigenvalue weighted by Gasteiger charge is 2.26. The fourth-order valence-electron chi connectivity index (χ4n) is 1.20. The summed E-state index contributed by atoms with van der Waals surface area (Å²) in [5.74, 6) is 4.83. The van der Waals surface area contributed by atoms with Crippen molar-refractivity contribution in [2.45, 2.75) is 13.8 Å². The van der Waals surface area contributed by atoms with Crippen LogP contribution in [0.4, 0.5) is 0 Å². The van der Waals surface area contributed by atoms with Crippen LogP contribution in [0.1, 0.15) is 29.1 Å². The van der Waals surface area contributed by atoms with Gasteiger partial charge in [0.05, 0.1) is 12.0 Å². The second-order valence-electron chi connectivity index (χ2n) is 4.60. The SMILES string of the molecule is CC(C)(CNC(=O)c1sccc1C#CCN)C(N)=O. The maximum absolute atomic E-state index is 12.0. The van der Waals surface area contributed by atoms with Gasteiger partial charge in [0.15, 0.2) is 0 Å². The molecule has 5 N–H and O–H groups in total. The summed E-state index contributed by atoms with van der Waals surface area (Å²) in [4.78, 5) is 23.7. The minimum absolute atomic E-state index is 0.183. The molecule has 102 valence electrons. The number of nitrogens with two attached hydrogens (primary N) is 2. The molecule has 19 heavy (non-hydrogen) atoms. The van der Waals surface area contributed by atoms with Gasteiger partial charge in [-0.05, 0) is 25.3 Å². The van der Waals surface area contributed by atoms with Gasteiger partial charge in [-0.1, -0.05) is 11.8 Å². The Balaban J connectivity index is 2.75. The zero-order chi connectivity index (χ0) is 14.5. The minimum atomic E-state index is -0.782. The molecule has 0 aliphatic carbocycles. The largest absolute Gasteiger partial charge is 0.369 e. The van der Waals surface area contributed by atoms with E-state index in [9.17, 15) is 9.59 Å². The van der Waals surface area contributed by atoms with E-state index in [-0.39, 0.29) is 19.0 Å². The molecule has 1 aromatic rings. The lowest BCUT2D eigenvalue weighted by Gasteiger charge is -2.20. The molecule has 0 aliphatic heterocycles. The Bertz CT molecular complexity index is 538. The molecule has 0 aromatic carbocycles. The Morgan fingerprint density at radius 3 is 2.74 bits per heavy atom. The van der Waals surface area contributed by atoms with Gasteiger partial charge >= 0.3 is 0 Å². The van der Waals surface area contributed by atoms with Gasteiger partial charge in [-0.3, -0.25) is 9.59 Å². The molecule has 0 aliphatic rings. The number of nitrogens with one attached hydrogen (secondary N) is 1. The molecule has 0 saturated carbocycles. The van der Waals surface area contributed by atoms with Crippen LogP contribution in [-0.2, 0) is 4.79 Å². The Kier molecular flexibility index (Phi) is 5.10. The van der Waals surface area contributed by atoms with Crippen LogP contribution in [0.5, 0.6) is 0 Å². The number of hydrogen-bond acceptors (Lipinski definition) is 4. The van der Waals surface area contributed by atoms with Gasteiger partial charge in [-0.25, -0.2) is 0 Å². The highest BCUT2D eigenvalue weighted by Crippen LogP contribution is 2.17. The number of amides is 2. The molecule has 0 unspecified atom stereocenters. The van der Waals surface area contributed by atoms with Crippen molar-refractivity contribution in [1.29, 1.82) is 0 Å². The van der Waals surface area contributed by atoms with Gasteiger partial charge in [0.1, 0.15) is 4.88 Å². The molecule has 0 bridgehead atoms. The van der Waals surface area contributed by atoms with Gasteiger partial charge < -0.3 is 16.8 Å². The predicted molar refractivity (Wildman–Crippen MR) is 75.6 cm³/mol. The molecule has 0 saturated heterocycles. The monoisotopic (exact) mass is 279 g/mol. The third-order valence-corrected chi connectivity index (χ3v) is 3.47. The third-order valence-electron chi connectivity index (χ3n) is 2.55. The zero-order valence-corrected chi connectivity index (χ0v) is 11.8. The summed E-state index contributed by atoms with van der Waals surface area (Å²) in [7, 11) is 0. The summed E-state index contributed by atoms with van der Waals surface area (Å²) in [6.07, 6.45) is 0. The van der Waals surface area contributed by atoms with Crippen LogP contribution >= 0.6 is 11.3 Å². The first-order chi connectivity index (χ1) is 8.88. The summed E-state index contributed by atoms with van der Waals surface area (Å²) >= 11 is 1.30. The topological polar surface area (TPSA) is 98.2 Å². The maximum atomic E-state index is 12.0. The number of rotatable bonds is 4. The van der Waals surface area contributed by atoms with E-state index in [1.54, 1.807) is 25.3 Å². The van der Waals surface area contributed by atoms with Gasteiger partial charge in [-0.2, -0.15) is 0 Å². The quantitative estimate of drug-likeness (QED) is 0.691. The van der Waals surface area contributed by atoms with Crippen LogP contribution in [0.2, 0.25) is 0 Å². The minimum Gasteiger partial charge on any atom is -0.369 e. The smallest absolute Gasteiger partial charge is 0.262 e. The first-order valence-corrected chi connectivity index (χ1v) is 6.61. The van der Waals surface area contributed by atoms with Crippen LogP contribution in [0.3, 0.4) is 0 Å². The molecule has 0 radical (unpaired) electrons. The highest BCUT2D eigenvalue weighted by molar-refractivity contribution is 7.12. The zero-order valence-electron chi connectivity index (χ0n) is 10.9. The normalized spacial score (nSPS) is 10.5. The number of hydrogen-bond donors (Lipinski definition) is 3. The van der Waals surface area contributed by atoms with Crippen molar-refractivity contribution in [2.75, 3.05) is 13.1 Å². The summed E-state index contributed by atoms with van der Waals surface area (Å²) in [6.45, 7) is 3.78. The molecule has 0 atom stereocenters. The first-order valence-electron chi connectivity index (χ1n) is 5.73. The Morgan fingerprint density at radius 1 is 1.47 bits per heavy atom. The molecule has 0 fully saturated rings. The van der Waals surface area contributed by atoms with Crippen LogP contribution in [-0.4, -0.2) is 24.9 Å². The van der Waals surface area contributed by atoms with E-state index in [1.165, 1.54) is 11.3 Å². The van der Waals surface area contributed by atoms with E-state index >= 15 is 0 Å². The average molecular weight is 279 g/mol. The van der Waals surface area contributed by atoms with Crippen molar-refractivity contribution >= 4 is 23.2 Å². The molecule has 1 rings (SSSR count). The standard InChI is InChI=1S/C13H17N3O2S/c1-13(2,12(15)18)8-16-11(17)10-9(4-3-6-14)5-7-19-10/h5,7H,6,8,14H2,1-2H3,(H2,15,18)(H,16,17). The van der Waals surface area contributed by atoms with E-state index in [0.717, 1.165) is 0 Å². The Hall–Kier alpha value is -1.84. The van der Waals surface area contributed by atoms with E-state index < -0.39 is 11.3 Å². The van der Waals surface area contributed by atoms with E-state index in [2.05, 4.69) is 17.2 Å². The van der Waals surface area contributed by atoms with Crippen LogP contribution in [0.15, 0.2) is 11.4 Å². The van der Waals surface area contributed by atoms with Crippen LogP contribution in [0, 0.1) is 17.3 Å². The summed E-state index contributed by atoms with van der Waals surface area (Å²) < 4.78 is 0. The molecule has 6 heteroatoms. The Morgan fingerprint density at radius 2 is 2.16 bits per heavy atom. The lowest BCUT2D eigenvalue weighted by Crippen LogP contribution is -2.42. The van der Waals surface area contributed by atoms with Crippen molar-refractivity contribution < 1.29 is 9.59 Å². The van der Waals surface area contributed by atoms with Crippen molar-refractivity contribution in [1.82, 2.24) is 5.32 Å². The second kappa shape index (κ2) is 6.36. The number of carbonyl (C=O) groups excluding carboxylic acids is 2. The predicted octanol–water partition coefficient (Wildman–Crippen LogP) is 0.300. The van der Waals surface area contributed by atoms with Gasteiger partial charge in [-0.15, -0.1) is 11.3 Å². The third kappa shape index (κ3) is 4.09. The van der Waals surface area contributed by atoms with Gasteiger partial charge in [0, 0.05) is 12.1 Å². The molecule has 0 spiro atoms. The van der Waals surface area contributed by atoms with E-state index in [0.29, 0.717) is 10.4 Å². The lowest BCUT2D eigenvalue weighted by molar-refractivity contribution is -0.125. The number of thiophene rings is 1. The van der Waals surface area contributed by atoms with E-state index in [4.69, 9.17) is 11.5 Å². The molecule has 5 nitrogen and oxygen atoms in total. The molecular formula is C13H17N3O2S. The summed E-state index contributed by atoms with van der Waals surface area (Å²) in [6, 6.07) is 1.77. The lowest BCUT2D eigenvalue weighted by atomic mass is 9.93. The fraction of sp³-hybridized carbons (Fsp3) is 0.385. The van der Waals surface area contributed by atoms with Crippen molar-refractivity contribution in [3.8, 4) is 11.8 Å². The molecule has 1 aromatic heterocycles. The van der Waals surface area contributed by atoms with Crippen LogP contribution < -0.4 is 16.8 Å². The summed E-state index contributed by atoms with van der Waals surface area (Å²) in [5, 5.41) is 4.48. The molecule has 1 heterocycles. The Labute approximate surface area is 116 Å². The van der Waals surface area contributed by atoms with Gasteiger partial charge in [0.25, 0.3) is 5.91 Å². The van der Waals surface area contributed by atoms with Gasteiger partial charge in [0.2, 0.25) is 5.91 Å². The number of carbonyl (C=O) groups is 2. The molecular weight excluding hydrogens is 262 g/mol. The second-order valence-corrected chi connectivity index (χ2v) is 5.52. The first kappa shape index (κ1) is 15.2. The average Bonchev–Trinajstić information content (AvgIpc) is 2.81. The van der Waals surface area contributed by atoms with Crippen molar-refractivity contribution in [3.63, 3.8) is 0 Å². The maximum Gasteiger partial charge on any atom is 0.262 e. The summed E-state index contributed by atoms with van der Waals surface area (Å²) in [5.41, 5.74) is 10.4. The highest BCUT2D eigenvalue weighted by atomic mass is 32.1.